The lowest BCUT2D eigenvalue weighted by Gasteiger charge is -2.21. The molecule has 32 heavy (non-hydrogen) atoms. The Kier molecular flexibility index (Phi) is 4.95. The van der Waals surface area contributed by atoms with Crippen molar-refractivity contribution in [3.8, 4) is 17.2 Å². The van der Waals surface area contributed by atoms with Crippen LogP contribution in [0.25, 0.3) is 11.3 Å². The molecule has 3 aromatic carbocycles. The smallest absolute Gasteiger partial charge is 0.364 e. The lowest BCUT2D eigenvalue weighted by atomic mass is 9.97. The van der Waals surface area contributed by atoms with Gasteiger partial charge in [-0.2, -0.15) is 0 Å². The average Bonchev–Trinajstić information content (AvgIpc) is 3.25. The number of carbonyl (C=O) groups excluding carboxylic acids is 1. The predicted octanol–water partition coefficient (Wildman–Crippen LogP) is 4.85. The highest BCUT2D eigenvalue weighted by Gasteiger charge is 2.31. The number of methoxy groups -OCH3 is 2. The van der Waals surface area contributed by atoms with Crippen molar-refractivity contribution in [1.82, 2.24) is 0 Å². The van der Waals surface area contributed by atoms with Gasteiger partial charge in [0.15, 0.2) is 5.70 Å². The lowest BCUT2D eigenvalue weighted by molar-refractivity contribution is -0.129. The fraction of sp³-hybridized carbons (Fsp3) is 0.0769. The van der Waals surface area contributed by atoms with Gasteiger partial charge in [0.05, 0.1) is 14.2 Å². The van der Waals surface area contributed by atoms with Crippen molar-refractivity contribution in [3.05, 3.63) is 101 Å². The van der Waals surface area contributed by atoms with E-state index < -0.39 is 5.97 Å². The highest BCUT2D eigenvalue weighted by molar-refractivity contribution is 6.15. The van der Waals surface area contributed by atoms with Gasteiger partial charge in [0.1, 0.15) is 23.0 Å². The largest absolute Gasteiger partial charge is 0.497 e. The molecule has 0 spiro atoms. The summed E-state index contributed by atoms with van der Waals surface area (Å²) in [4.78, 5) is 17.4. The molecular formula is C26H19NO5. The van der Waals surface area contributed by atoms with Crippen LogP contribution < -0.4 is 14.2 Å². The van der Waals surface area contributed by atoms with Gasteiger partial charge in [-0.05, 0) is 60.7 Å². The van der Waals surface area contributed by atoms with Crippen LogP contribution in [0.5, 0.6) is 17.2 Å². The van der Waals surface area contributed by atoms with Crippen molar-refractivity contribution < 1.29 is 23.7 Å². The molecule has 0 aliphatic carbocycles. The van der Waals surface area contributed by atoms with Gasteiger partial charge in [-0.15, -0.1) is 0 Å². The molecule has 6 nitrogen and oxygen atoms in total. The minimum atomic E-state index is -0.514. The molecule has 0 saturated carbocycles. The molecule has 5 rings (SSSR count). The van der Waals surface area contributed by atoms with Crippen molar-refractivity contribution in [1.29, 1.82) is 0 Å². The maximum Gasteiger partial charge on any atom is 0.364 e. The minimum absolute atomic E-state index is 0.215. The second-order valence-corrected chi connectivity index (χ2v) is 7.14. The number of allylic oxidation sites excluding steroid dienone is 2. The summed E-state index contributed by atoms with van der Waals surface area (Å²) in [6, 6.07) is 22.3. The van der Waals surface area contributed by atoms with E-state index in [1.54, 1.807) is 20.3 Å². The first-order valence-electron chi connectivity index (χ1n) is 9.99. The fourth-order valence-electron chi connectivity index (χ4n) is 3.57. The second kappa shape index (κ2) is 8.07. The van der Waals surface area contributed by atoms with E-state index in [-0.39, 0.29) is 11.6 Å². The summed E-state index contributed by atoms with van der Waals surface area (Å²) >= 11 is 0. The van der Waals surface area contributed by atoms with Crippen LogP contribution in [0.2, 0.25) is 0 Å². The van der Waals surface area contributed by atoms with E-state index >= 15 is 0 Å². The average molecular weight is 425 g/mol. The molecule has 2 aliphatic rings. The Balaban J connectivity index is 1.67. The third-order valence-corrected chi connectivity index (χ3v) is 5.22. The molecular weight excluding hydrogens is 406 g/mol. The van der Waals surface area contributed by atoms with Gasteiger partial charge < -0.3 is 18.9 Å². The molecule has 3 aromatic rings. The number of carbonyl (C=O) groups is 1. The van der Waals surface area contributed by atoms with Crippen LogP contribution in [-0.2, 0) is 9.53 Å². The molecule has 0 fully saturated rings. The Morgan fingerprint density at radius 3 is 2.22 bits per heavy atom. The number of rotatable bonds is 4. The molecule has 0 N–H and O–H groups in total. The SMILES string of the molecule is COc1ccc(C2=CC(=C3N=C(c4ccccc4)OC3=O)c3cc(OC)ccc3O2)cc1. The zero-order valence-corrected chi connectivity index (χ0v) is 17.5. The molecule has 0 unspecified atom stereocenters. The summed E-state index contributed by atoms with van der Waals surface area (Å²) < 4.78 is 22.3. The van der Waals surface area contributed by atoms with Crippen molar-refractivity contribution in [2.45, 2.75) is 0 Å². The molecule has 6 heteroatoms. The molecule has 0 bridgehead atoms. The number of hydrogen-bond acceptors (Lipinski definition) is 6. The topological polar surface area (TPSA) is 66.4 Å². The van der Waals surface area contributed by atoms with Crippen molar-refractivity contribution in [2.75, 3.05) is 14.2 Å². The number of benzene rings is 3. The van der Waals surface area contributed by atoms with Crippen LogP contribution in [0.3, 0.4) is 0 Å². The van der Waals surface area contributed by atoms with Crippen molar-refractivity contribution in [2.24, 2.45) is 4.99 Å². The van der Waals surface area contributed by atoms with Gasteiger partial charge in [-0.1, -0.05) is 18.2 Å². The summed E-state index contributed by atoms with van der Waals surface area (Å²) in [5.41, 5.74) is 3.09. The molecule has 158 valence electrons. The van der Waals surface area contributed by atoms with Gasteiger partial charge >= 0.3 is 5.97 Å². The normalized spacial score (nSPS) is 17.0. The third-order valence-electron chi connectivity index (χ3n) is 5.22. The first-order chi connectivity index (χ1) is 15.7. The summed E-state index contributed by atoms with van der Waals surface area (Å²) in [6.07, 6.45) is 1.80. The quantitative estimate of drug-likeness (QED) is 0.442. The molecule has 2 aliphatic heterocycles. The highest BCUT2D eigenvalue weighted by Crippen LogP contribution is 2.41. The zero-order valence-electron chi connectivity index (χ0n) is 17.5. The van der Waals surface area contributed by atoms with E-state index in [4.69, 9.17) is 18.9 Å². The monoisotopic (exact) mass is 425 g/mol. The number of nitrogens with zero attached hydrogens (tertiary/aromatic N) is 1. The summed E-state index contributed by atoms with van der Waals surface area (Å²) in [7, 11) is 3.21. The fourth-order valence-corrected chi connectivity index (χ4v) is 3.57. The van der Waals surface area contributed by atoms with E-state index in [1.807, 2.05) is 72.8 Å². The first kappa shape index (κ1) is 19.6. The van der Waals surface area contributed by atoms with E-state index in [9.17, 15) is 4.79 Å². The molecule has 0 aromatic heterocycles. The second-order valence-electron chi connectivity index (χ2n) is 7.14. The lowest BCUT2D eigenvalue weighted by Crippen LogP contribution is -2.08. The Morgan fingerprint density at radius 2 is 1.50 bits per heavy atom. The number of ether oxygens (including phenoxy) is 4. The first-order valence-corrected chi connectivity index (χ1v) is 9.99. The predicted molar refractivity (Wildman–Crippen MR) is 121 cm³/mol. The molecule has 2 heterocycles. The Bertz CT molecular complexity index is 1290. The standard InChI is InChI=1S/C26H19NO5/c1-29-18-10-8-16(9-11-18)23-15-21(20-14-19(30-2)12-13-22(20)31-23)24-26(28)32-25(27-24)17-6-4-3-5-7-17/h3-15H,1-2H3. The number of fused-ring (bicyclic) bond motifs is 1. The van der Waals surface area contributed by atoms with Crippen LogP contribution in [0, 0.1) is 0 Å². The molecule has 0 atom stereocenters. The van der Waals surface area contributed by atoms with Gasteiger partial charge in [-0.3, -0.25) is 0 Å². The number of esters is 1. The highest BCUT2D eigenvalue weighted by atomic mass is 16.6. The maximum absolute atomic E-state index is 12.8. The zero-order chi connectivity index (χ0) is 22.1. The van der Waals surface area contributed by atoms with Crippen molar-refractivity contribution in [3.63, 3.8) is 0 Å². The van der Waals surface area contributed by atoms with Crippen LogP contribution in [0.4, 0.5) is 0 Å². The minimum Gasteiger partial charge on any atom is -0.497 e. The van der Waals surface area contributed by atoms with Crippen LogP contribution in [-0.4, -0.2) is 26.1 Å². The maximum atomic E-state index is 12.8. The summed E-state index contributed by atoms with van der Waals surface area (Å²) in [5, 5.41) is 0. The number of aliphatic imine (C=N–C) groups is 1. The number of cyclic esters (lactones) is 1. The van der Waals surface area contributed by atoms with Gasteiger partial charge in [0.25, 0.3) is 0 Å². The van der Waals surface area contributed by atoms with Gasteiger partial charge in [0.2, 0.25) is 5.90 Å². The summed E-state index contributed by atoms with van der Waals surface area (Å²) in [5.74, 6) is 2.32. The van der Waals surface area contributed by atoms with Crippen molar-refractivity contribution >= 4 is 23.2 Å². The van der Waals surface area contributed by atoms with Crippen LogP contribution in [0.15, 0.2) is 89.6 Å². The van der Waals surface area contributed by atoms with Crippen LogP contribution >= 0.6 is 0 Å². The van der Waals surface area contributed by atoms with Crippen LogP contribution in [0.1, 0.15) is 16.7 Å². The number of hydrogen-bond donors (Lipinski definition) is 0. The Hall–Kier alpha value is -4.32. The summed E-state index contributed by atoms with van der Waals surface area (Å²) in [6.45, 7) is 0. The Morgan fingerprint density at radius 1 is 0.781 bits per heavy atom. The van der Waals surface area contributed by atoms with E-state index in [1.165, 1.54) is 0 Å². The van der Waals surface area contributed by atoms with Gasteiger partial charge in [0, 0.05) is 22.3 Å². The van der Waals surface area contributed by atoms with Gasteiger partial charge in [-0.25, -0.2) is 9.79 Å². The Labute approximate surface area is 185 Å². The molecule has 0 amide bonds. The third kappa shape index (κ3) is 3.52. The molecule has 0 radical (unpaired) electrons. The van der Waals surface area contributed by atoms with E-state index in [0.717, 1.165) is 16.9 Å². The molecule has 0 saturated heterocycles. The van der Waals surface area contributed by atoms with E-state index in [2.05, 4.69) is 4.99 Å². The van der Waals surface area contributed by atoms with E-state index in [0.29, 0.717) is 28.4 Å².